The molecule has 1 aliphatic rings. The lowest BCUT2D eigenvalue weighted by molar-refractivity contribution is 0.928. The molecule has 0 unspecified atom stereocenters. The Labute approximate surface area is 148 Å². The molecule has 0 aromatic carbocycles. The minimum atomic E-state index is 0.291. The molecule has 1 fully saturated rings. The van der Waals surface area contributed by atoms with Crippen molar-refractivity contribution in [3.05, 3.63) is 35.5 Å². The maximum atomic E-state index is 9.51. The molecule has 1 aliphatic heterocycles. The number of thiazole rings is 1. The average molecular weight is 349 g/mol. The maximum absolute atomic E-state index is 9.51. The van der Waals surface area contributed by atoms with Crippen LogP contribution in [-0.2, 0) is 0 Å². The first-order valence-corrected chi connectivity index (χ1v) is 8.83. The van der Waals surface area contributed by atoms with Crippen molar-refractivity contribution < 1.29 is 0 Å². The summed E-state index contributed by atoms with van der Waals surface area (Å²) >= 11 is 1.46. The Balaban J connectivity index is 1.84. The highest BCUT2D eigenvalue weighted by molar-refractivity contribution is 7.13. The molecular weight excluding hydrogens is 334 g/mol. The molecule has 0 amide bonds. The molecule has 1 saturated heterocycles. The van der Waals surface area contributed by atoms with Gasteiger partial charge in [-0.3, -0.25) is 0 Å². The third-order valence-electron chi connectivity index (χ3n) is 4.10. The van der Waals surface area contributed by atoms with E-state index in [-0.39, 0.29) is 0 Å². The molecule has 4 rings (SSSR count). The Bertz CT molecular complexity index is 940. The lowest BCUT2D eigenvalue weighted by Crippen LogP contribution is -2.19. The Morgan fingerprint density at radius 3 is 2.72 bits per heavy atom. The highest BCUT2D eigenvalue weighted by Gasteiger charge is 2.19. The molecule has 3 aromatic rings. The summed E-state index contributed by atoms with van der Waals surface area (Å²) < 4.78 is 0. The second-order valence-electron chi connectivity index (χ2n) is 5.70. The van der Waals surface area contributed by atoms with Gasteiger partial charge in [-0.2, -0.15) is 5.26 Å². The van der Waals surface area contributed by atoms with Crippen LogP contribution in [0.1, 0.15) is 18.4 Å². The SMILES string of the molecule is N#Cc1c(N)cc(-c2nccs2)nc1-c1nccc(N2CCCC2)n1. The van der Waals surface area contributed by atoms with Gasteiger partial charge in [0, 0.05) is 30.9 Å². The maximum Gasteiger partial charge on any atom is 0.181 e. The molecular formula is C17H15N7S. The first-order chi connectivity index (χ1) is 12.3. The number of aromatic nitrogens is 4. The van der Waals surface area contributed by atoms with Gasteiger partial charge in [-0.1, -0.05) is 0 Å². The van der Waals surface area contributed by atoms with Crippen LogP contribution < -0.4 is 10.6 Å². The minimum absolute atomic E-state index is 0.291. The molecule has 0 aliphatic carbocycles. The molecule has 0 bridgehead atoms. The molecule has 124 valence electrons. The summed E-state index contributed by atoms with van der Waals surface area (Å²) in [5.74, 6) is 1.26. The summed E-state index contributed by atoms with van der Waals surface area (Å²) in [5, 5.41) is 12.1. The fourth-order valence-corrected chi connectivity index (χ4v) is 3.49. The zero-order valence-electron chi connectivity index (χ0n) is 13.4. The van der Waals surface area contributed by atoms with Crippen molar-refractivity contribution in [2.24, 2.45) is 0 Å². The zero-order valence-corrected chi connectivity index (χ0v) is 14.2. The molecule has 3 aromatic heterocycles. The minimum Gasteiger partial charge on any atom is -0.398 e. The lowest BCUT2D eigenvalue weighted by Gasteiger charge is -2.16. The first-order valence-electron chi connectivity index (χ1n) is 7.95. The number of hydrogen-bond donors (Lipinski definition) is 1. The zero-order chi connectivity index (χ0) is 17.2. The molecule has 8 heteroatoms. The van der Waals surface area contributed by atoms with Gasteiger partial charge in [0.25, 0.3) is 0 Å². The molecule has 7 nitrogen and oxygen atoms in total. The highest BCUT2D eigenvalue weighted by Crippen LogP contribution is 2.30. The third kappa shape index (κ3) is 2.90. The van der Waals surface area contributed by atoms with E-state index in [1.54, 1.807) is 18.5 Å². The van der Waals surface area contributed by atoms with E-state index in [1.807, 2.05) is 11.4 Å². The Morgan fingerprint density at radius 2 is 2.00 bits per heavy atom. The van der Waals surface area contributed by atoms with Crippen LogP contribution in [-0.4, -0.2) is 33.0 Å². The van der Waals surface area contributed by atoms with E-state index in [4.69, 9.17) is 5.73 Å². The predicted octanol–water partition coefficient (Wildman–Crippen LogP) is 2.72. The van der Waals surface area contributed by atoms with Gasteiger partial charge in [-0.25, -0.2) is 19.9 Å². The number of nitrogens with zero attached hydrogens (tertiary/aromatic N) is 6. The van der Waals surface area contributed by atoms with Gasteiger partial charge in [0.05, 0.1) is 5.69 Å². The van der Waals surface area contributed by atoms with E-state index in [0.717, 1.165) is 36.8 Å². The van der Waals surface area contributed by atoms with Gasteiger partial charge in [-0.05, 0) is 25.0 Å². The number of pyridine rings is 1. The molecule has 4 heterocycles. The second kappa shape index (κ2) is 6.45. The van der Waals surface area contributed by atoms with Gasteiger partial charge >= 0.3 is 0 Å². The number of rotatable bonds is 3. The summed E-state index contributed by atoms with van der Waals surface area (Å²) in [5.41, 5.74) is 7.75. The largest absolute Gasteiger partial charge is 0.398 e. The molecule has 0 atom stereocenters. The van der Waals surface area contributed by atoms with Crippen molar-refractivity contribution in [3.8, 4) is 28.3 Å². The van der Waals surface area contributed by atoms with Crippen molar-refractivity contribution in [1.82, 2.24) is 19.9 Å². The Hall–Kier alpha value is -3.05. The van der Waals surface area contributed by atoms with Crippen LogP contribution in [0.5, 0.6) is 0 Å². The number of hydrogen-bond acceptors (Lipinski definition) is 8. The fourth-order valence-electron chi connectivity index (χ4n) is 2.89. The quantitative estimate of drug-likeness (QED) is 0.775. The monoisotopic (exact) mass is 349 g/mol. The van der Waals surface area contributed by atoms with Crippen molar-refractivity contribution >= 4 is 22.8 Å². The Kier molecular flexibility index (Phi) is 3.99. The van der Waals surface area contributed by atoms with Gasteiger partial charge in [-0.15, -0.1) is 11.3 Å². The normalized spacial score (nSPS) is 13.8. The summed E-state index contributed by atoms with van der Waals surface area (Å²) in [6.45, 7) is 1.96. The lowest BCUT2D eigenvalue weighted by atomic mass is 10.1. The van der Waals surface area contributed by atoms with Gasteiger partial charge < -0.3 is 10.6 Å². The third-order valence-corrected chi connectivity index (χ3v) is 4.89. The summed E-state index contributed by atoms with van der Waals surface area (Å²) in [6, 6.07) is 5.68. The molecule has 0 spiro atoms. The Morgan fingerprint density at radius 1 is 1.16 bits per heavy atom. The van der Waals surface area contributed by atoms with E-state index in [1.165, 1.54) is 11.3 Å². The molecule has 25 heavy (non-hydrogen) atoms. The summed E-state index contributed by atoms with van der Waals surface area (Å²) in [6.07, 6.45) is 5.73. The van der Waals surface area contributed by atoms with Crippen LogP contribution in [0.4, 0.5) is 11.5 Å². The summed E-state index contributed by atoms with van der Waals surface area (Å²) in [4.78, 5) is 20.0. The predicted molar refractivity (Wildman–Crippen MR) is 96.9 cm³/mol. The van der Waals surface area contributed by atoms with Gasteiger partial charge in [0.2, 0.25) is 0 Å². The van der Waals surface area contributed by atoms with Crippen LogP contribution in [0.2, 0.25) is 0 Å². The molecule has 0 radical (unpaired) electrons. The topological polar surface area (TPSA) is 105 Å². The van der Waals surface area contributed by atoms with Crippen molar-refractivity contribution in [2.75, 3.05) is 23.7 Å². The van der Waals surface area contributed by atoms with E-state index in [9.17, 15) is 5.26 Å². The van der Waals surface area contributed by atoms with Crippen molar-refractivity contribution in [2.45, 2.75) is 12.8 Å². The average Bonchev–Trinajstić information content (AvgIpc) is 3.35. The molecule has 0 saturated carbocycles. The number of nitriles is 1. The van der Waals surface area contributed by atoms with Crippen LogP contribution >= 0.6 is 11.3 Å². The van der Waals surface area contributed by atoms with E-state index in [2.05, 4.69) is 30.9 Å². The fraction of sp³-hybridized carbons (Fsp3) is 0.235. The van der Waals surface area contributed by atoms with Crippen LogP contribution in [0.15, 0.2) is 29.9 Å². The van der Waals surface area contributed by atoms with Gasteiger partial charge in [0.1, 0.15) is 33.8 Å². The number of nitrogen functional groups attached to an aromatic ring is 1. The van der Waals surface area contributed by atoms with Crippen LogP contribution in [0.3, 0.4) is 0 Å². The van der Waals surface area contributed by atoms with E-state index < -0.39 is 0 Å². The summed E-state index contributed by atoms with van der Waals surface area (Å²) in [7, 11) is 0. The van der Waals surface area contributed by atoms with Crippen LogP contribution in [0, 0.1) is 11.3 Å². The number of nitrogens with two attached hydrogens (primary N) is 1. The van der Waals surface area contributed by atoms with Gasteiger partial charge in [0.15, 0.2) is 5.82 Å². The smallest absolute Gasteiger partial charge is 0.181 e. The first kappa shape index (κ1) is 15.5. The van der Waals surface area contributed by atoms with Crippen LogP contribution in [0.25, 0.3) is 22.2 Å². The number of anilines is 2. The highest BCUT2D eigenvalue weighted by atomic mass is 32.1. The molecule has 2 N–H and O–H groups in total. The standard InChI is InChI=1S/C17H15N7S/c18-10-11-12(19)9-13(17-21-5-8-25-17)22-15(11)16-20-4-3-14(23-16)24-6-1-2-7-24/h3-5,8-9H,1-2,6-7H2,(H2,19,22). The van der Waals surface area contributed by atoms with E-state index >= 15 is 0 Å². The second-order valence-corrected chi connectivity index (χ2v) is 6.60. The van der Waals surface area contributed by atoms with Crippen molar-refractivity contribution in [3.63, 3.8) is 0 Å². The van der Waals surface area contributed by atoms with E-state index in [0.29, 0.717) is 28.5 Å². The van der Waals surface area contributed by atoms with Crippen molar-refractivity contribution in [1.29, 1.82) is 5.26 Å².